The third kappa shape index (κ3) is 3.16. The van der Waals surface area contributed by atoms with Crippen LogP contribution in [0.2, 0.25) is 0 Å². The van der Waals surface area contributed by atoms with Gasteiger partial charge in [-0.1, -0.05) is 6.92 Å². The van der Waals surface area contributed by atoms with Gasteiger partial charge in [-0.15, -0.1) is 0 Å². The van der Waals surface area contributed by atoms with Gasteiger partial charge < -0.3 is 10.1 Å². The molecule has 0 heterocycles. The predicted octanol–water partition coefficient (Wildman–Crippen LogP) is 3.11. The van der Waals surface area contributed by atoms with Gasteiger partial charge in [-0.25, -0.2) is 0 Å². The number of anilines is 1. The van der Waals surface area contributed by atoms with Crippen LogP contribution in [0.15, 0.2) is 18.2 Å². The van der Waals surface area contributed by atoms with Crippen molar-refractivity contribution in [2.45, 2.75) is 32.7 Å². The van der Waals surface area contributed by atoms with Gasteiger partial charge >= 0.3 is 0 Å². The molecule has 16 heavy (non-hydrogen) atoms. The highest BCUT2D eigenvalue weighted by Crippen LogP contribution is 2.22. The normalized spacial score (nSPS) is 11.6. The molecule has 0 saturated carbocycles. The topological polar surface area (TPSA) is 45.0 Å². The number of hydrogen-bond donors (Lipinski definition) is 1. The number of ether oxygens (including phenoxy) is 1. The molecule has 86 valence electrons. The standard InChI is InChI=1S/C13H18N2O/c1-4-11(7-8-14)15-13-6-5-12(16-3)9-10(13)2/h5-6,9,11,15H,4,7H2,1-3H3. The summed E-state index contributed by atoms with van der Waals surface area (Å²) in [6.45, 7) is 4.11. The molecule has 0 aliphatic carbocycles. The Hall–Kier alpha value is -1.69. The summed E-state index contributed by atoms with van der Waals surface area (Å²) in [6, 6.07) is 8.32. The van der Waals surface area contributed by atoms with Crippen LogP contribution in [0.4, 0.5) is 5.69 Å². The lowest BCUT2D eigenvalue weighted by Gasteiger charge is -2.17. The van der Waals surface area contributed by atoms with Crippen LogP contribution in [0.3, 0.4) is 0 Å². The zero-order valence-corrected chi connectivity index (χ0v) is 10.1. The van der Waals surface area contributed by atoms with Gasteiger partial charge in [0.2, 0.25) is 0 Å². The second-order valence-corrected chi connectivity index (χ2v) is 3.79. The molecule has 3 nitrogen and oxygen atoms in total. The van der Waals surface area contributed by atoms with E-state index in [1.54, 1.807) is 7.11 Å². The molecule has 0 aliphatic rings. The van der Waals surface area contributed by atoms with E-state index in [1.165, 1.54) is 0 Å². The molecule has 0 radical (unpaired) electrons. The maximum atomic E-state index is 8.69. The van der Waals surface area contributed by atoms with Gasteiger partial charge in [0.1, 0.15) is 5.75 Å². The lowest BCUT2D eigenvalue weighted by Crippen LogP contribution is -2.18. The quantitative estimate of drug-likeness (QED) is 0.826. The van der Waals surface area contributed by atoms with Crippen molar-refractivity contribution >= 4 is 5.69 Å². The lowest BCUT2D eigenvalue weighted by molar-refractivity contribution is 0.414. The van der Waals surface area contributed by atoms with Crippen molar-refractivity contribution in [1.82, 2.24) is 0 Å². The van der Waals surface area contributed by atoms with Gasteiger partial charge in [0.25, 0.3) is 0 Å². The smallest absolute Gasteiger partial charge is 0.119 e. The lowest BCUT2D eigenvalue weighted by atomic mass is 10.1. The fourth-order valence-electron chi connectivity index (χ4n) is 1.55. The Morgan fingerprint density at radius 1 is 1.50 bits per heavy atom. The molecule has 0 saturated heterocycles. The van der Waals surface area contributed by atoms with E-state index in [4.69, 9.17) is 10.00 Å². The number of nitriles is 1. The summed E-state index contributed by atoms with van der Waals surface area (Å²) >= 11 is 0. The van der Waals surface area contributed by atoms with Crippen LogP contribution in [0.5, 0.6) is 5.75 Å². The molecule has 1 N–H and O–H groups in total. The van der Waals surface area contributed by atoms with E-state index in [1.807, 2.05) is 25.1 Å². The van der Waals surface area contributed by atoms with Gasteiger partial charge in [-0.05, 0) is 37.1 Å². The van der Waals surface area contributed by atoms with E-state index < -0.39 is 0 Å². The second-order valence-electron chi connectivity index (χ2n) is 3.79. The molecule has 3 heteroatoms. The number of nitrogens with one attached hydrogen (secondary N) is 1. The number of benzene rings is 1. The molecule has 1 aromatic rings. The Labute approximate surface area is 97.0 Å². The van der Waals surface area contributed by atoms with E-state index in [-0.39, 0.29) is 6.04 Å². The van der Waals surface area contributed by atoms with Crippen molar-refractivity contribution in [2.24, 2.45) is 0 Å². The molecular formula is C13H18N2O. The van der Waals surface area contributed by atoms with Gasteiger partial charge in [0, 0.05) is 11.7 Å². The summed E-state index contributed by atoms with van der Waals surface area (Å²) in [4.78, 5) is 0. The highest BCUT2D eigenvalue weighted by molar-refractivity contribution is 5.54. The first-order chi connectivity index (χ1) is 7.71. The first kappa shape index (κ1) is 12.4. The Balaban J connectivity index is 2.77. The monoisotopic (exact) mass is 218 g/mol. The Morgan fingerprint density at radius 2 is 2.25 bits per heavy atom. The van der Waals surface area contributed by atoms with Crippen molar-refractivity contribution in [3.63, 3.8) is 0 Å². The zero-order chi connectivity index (χ0) is 12.0. The minimum Gasteiger partial charge on any atom is -0.497 e. The van der Waals surface area contributed by atoms with Crippen LogP contribution in [-0.2, 0) is 0 Å². The Kier molecular flexibility index (Phi) is 4.65. The summed E-state index contributed by atoms with van der Waals surface area (Å²) < 4.78 is 5.15. The van der Waals surface area contributed by atoms with E-state index in [2.05, 4.69) is 18.3 Å². The summed E-state index contributed by atoms with van der Waals surface area (Å²) in [6.07, 6.45) is 1.47. The van der Waals surface area contributed by atoms with Gasteiger partial charge in [-0.3, -0.25) is 0 Å². The van der Waals surface area contributed by atoms with Gasteiger partial charge in [-0.2, -0.15) is 5.26 Å². The number of nitrogens with zero attached hydrogens (tertiary/aromatic N) is 1. The van der Waals surface area contributed by atoms with E-state index in [0.29, 0.717) is 6.42 Å². The summed E-state index contributed by atoms with van der Waals surface area (Å²) in [5.41, 5.74) is 2.21. The van der Waals surface area contributed by atoms with Crippen molar-refractivity contribution in [3.8, 4) is 11.8 Å². The molecule has 1 rings (SSSR count). The SMILES string of the molecule is CCC(CC#N)Nc1ccc(OC)cc1C. The fraction of sp³-hybridized carbons (Fsp3) is 0.462. The summed E-state index contributed by atoms with van der Waals surface area (Å²) in [5, 5.41) is 12.1. The average molecular weight is 218 g/mol. The largest absolute Gasteiger partial charge is 0.497 e. The maximum absolute atomic E-state index is 8.69. The minimum atomic E-state index is 0.220. The molecular weight excluding hydrogens is 200 g/mol. The van der Waals surface area contributed by atoms with Crippen LogP contribution in [0, 0.1) is 18.3 Å². The molecule has 0 spiro atoms. The van der Waals surface area contributed by atoms with E-state index in [9.17, 15) is 0 Å². The third-order valence-electron chi connectivity index (χ3n) is 2.62. The van der Waals surface area contributed by atoms with Crippen molar-refractivity contribution in [2.75, 3.05) is 12.4 Å². The summed E-state index contributed by atoms with van der Waals surface area (Å²) in [5.74, 6) is 0.858. The first-order valence-electron chi connectivity index (χ1n) is 5.49. The molecule has 0 amide bonds. The van der Waals surface area contributed by atoms with Crippen molar-refractivity contribution in [3.05, 3.63) is 23.8 Å². The molecule has 1 aromatic carbocycles. The van der Waals surface area contributed by atoms with E-state index in [0.717, 1.165) is 23.4 Å². The molecule has 1 unspecified atom stereocenters. The Bertz CT molecular complexity index is 382. The van der Waals surface area contributed by atoms with Crippen LogP contribution >= 0.6 is 0 Å². The minimum absolute atomic E-state index is 0.220. The van der Waals surface area contributed by atoms with Gasteiger partial charge in [0.05, 0.1) is 19.6 Å². The molecule has 1 atom stereocenters. The van der Waals surface area contributed by atoms with Crippen LogP contribution in [0.25, 0.3) is 0 Å². The number of methoxy groups -OCH3 is 1. The molecule has 0 bridgehead atoms. The average Bonchev–Trinajstić information content (AvgIpc) is 2.30. The molecule has 0 aromatic heterocycles. The third-order valence-corrected chi connectivity index (χ3v) is 2.62. The number of aryl methyl sites for hydroxylation is 1. The zero-order valence-electron chi connectivity index (χ0n) is 10.1. The summed E-state index contributed by atoms with van der Waals surface area (Å²) in [7, 11) is 1.66. The maximum Gasteiger partial charge on any atom is 0.119 e. The van der Waals surface area contributed by atoms with Crippen molar-refractivity contribution in [1.29, 1.82) is 5.26 Å². The first-order valence-corrected chi connectivity index (χ1v) is 5.49. The molecule has 0 aliphatic heterocycles. The molecule has 0 fully saturated rings. The number of rotatable bonds is 5. The van der Waals surface area contributed by atoms with E-state index >= 15 is 0 Å². The van der Waals surface area contributed by atoms with Crippen molar-refractivity contribution < 1.29 is 4.74 Å². The fourth-order valence-corrected chi connectivity index (χ4v) is 1.55. The Morgan fingerprint density at radius 3 is 2.75 bits per heavy atom. The number of hydrogen-bond acceptors (Lipinski definition) is 3. The van der Waals surface area contributed by atoms with Crippen LogP contribution in [0.1, 0.15) is 25.3 Å². The predicted molar refractivity (Wildman–Crippen MR) is 65.7 cm³/mol. The van der Waals surface area contributed by atoms with Gasteiger partial charge in [0.15, 0.2) is 0 Å². The van der Waals surface area contributed by atoms with Crippen LogP contribution < -0.4 is 10.1 Å². The van der Waals surface area contributed by atoms with Crippen LogP contribution in [-0.4, -0.2) is 13.2 Å². The highest BCUT2D eigenvalue weighted by Gasteiger charge is 2.07. The highest BCUT2D eigenvalue weighted by atomic mass is 16.5. The second kappa shape index (κ2) is 6.02.